The lowest BCUT2D eigenvalue weighted by Gasteiger charge is -2.35. The molecule has 0 saturated heterocycles. The SMILES string of the molecule is C[C@@H]1[C@H](C)CCC[C@@H]1NC(=O)[C@@H](C)OC(=O)c1ccc(F)cc1Cl. The first-order valence-corrected chi connectivity index (χ1v) is 8.63. The smallest absolute Gasteiger partial charge is 0.340 e. The van der Waals surface area contributed by atoms with Crippen LogP contribution in [0.4, 0.5) is 4.39 Å². The van der Waals surface area contributed by atoms with Crippen molar-refractivity contribution in [1.82, 2.24) is 5.32 Å². The summed E-state index contributed by atoms with van der Waals surface area (Å²) in [4.78, 5) is 24.4. The van der Waals surface area contributed by atoms with Crippen LogP contribution in [0.25, 0.3) is 0 Å². The van der Waals surface area contributed by atoms with E-state index in [0.717, 1.165) is 25.0 Å². The van der Waals surface area contributed by atoms with E-state index in [1.165, 1.54) is 19.4 Å². The van der Waals surface area contributed by atoms with E-state index >= 15 is 0 Å². The third-order valence-corrected chi connectivity index (χ3v) is 5.15. The minimum absolute atomic E-state index is 0.0392. The van der Waals surface area contributed by atoms with Gasteiger partial charge in [-0.3, -0.25) is 4.79 Å². The fraction of sp³-hybridized carbons (Fsp3) is 0.556. The summed E-state index contributed by atoms with van der Waals surface area (Å²) in [5, 5.41) is 2.93. The number of carbonyl (C=O) groups is 2. The van der Waals surface area contributed by atoms with Crippen LogP contribution < -0.4 is 5.32 Å². The van der Waals surface area contributed by atoms with E-state index in [-0.39, 0.29) is 22.5 Å². The molecule has 1 aliphatic rings. The maximum Gasteiger partial charge on any atom is 0.340 e. The van der Waals surface area contributed by atoms with Crippen molar-refractivity contribution in [2.24, 2.45) is 11.8 Å². The van der Waals surface area contributed by atoms with Gasteiger partial charge in [0.15, 0.2) is 6.10 Å². The van der Waals surface area contributed by atoms with E-state index < -0.39 is 17.9 Å². The Bertz CT molecular complexity index is 622. The molecular formula is C18H23ClFNO3. The Balaban J connectivity index is 1.94. The molecule has 0 radical (unpaired) electrons. The Kier molecular flexibility index (Phi) is 6.21. The number of ether oxygens (including phenoxy) is 1. The number of benzene rings is 1. The van der Waals surface area contributed by atoms with Crippen LogP contribution in [0.5, 0.6) is 0 Å². The van der Waals surface area contributed by atoms with Crippen LogP contribution in [-0.2, 0) is 9.53 Å². The number of halogens is 2. The van der Waals surface area contributed by atoms with Crippen LogP contribution in [0.3, 0.4) is 0 Å². The summed E-state index contributed by atoms with van der Waals surface area (Å²) < 4.78 is 18.2. The molecule has 1 aliphatic carbocycles. The third kappa shape index (κ3) is 4.47. The first-order chi connectivity index (χ1) is 11.3. The van der Waals surface area contributed by atoms with Gasteiger partial charge in [-0.05, 0) is 43.4 Å². The Morgan fingerprint density at radius 3 is 2.71 bits per heavy atom. The fourth-order valence-corrected chi connectivity index (χ4v) is 3.26. The highest BCUT2D eigenvalue weighted by Gasteiger charge is 2.30. The molecule has 24 heavy (non-hydrogen) atoms. The molecule has 1 saturated carbocycles. The van der Waals surface area contributed by atoms with Gasteiger partial charge in [0, 0.05) is 6.04 Å². The molecule has 4 atom stereocenters. The average Bonchev–Trinajstić information content (AvgIpc) is 2.51. The lowest BCUT2D eigenvalue weighted by Crippen LogP contribution is -2.47. The number of nitrogens with one attached hydrogen (secondary N) is 1. The molecule has 0 bridgehead atoms. The molecule has 0 spiro atoms. The molecule has 0 aliphatic heterocycles. The monoisotopic (exact) mass is 355 g/mol. The fourth-order valence-electron chi connectivity index (χ4n) is 3.02. The molecule has 0 aromatic heterocycles. The molecule has 4 nitrogen and oxygen atoms in total. The van der Waals surface area contributed by atoms with Gasteiger partial charge in [0.05, 0.1) is 10.6 Å². The zero-order valence-electron chi connectivity index (χ0n) is 14.1. The topological polar surface area (TPSA) is 55.4 Å². The minimum Gasteiger partial charge on any atom is -0.449 e. The van der Waals surface area contributed by atoms with Gasteiger partial charge in [-0.15, -0.1) is 0 Å². The zero-order chi connectivity index (χ0) is 17.9. The van der Waals surface area contributed by atoms with Gasteiger partial charge in [0.25, 0.3) is 5.91 Å². The number of rotatable bonds is 4. The summed E-state index contributed by atoms with van der Waals surface area (Å²) in [7, 11) is 0. The first-order valence-electron chi connectivity index (χ1n) is 8.26. The van der Waals surface area contributed by atoms with Crippen molar-refractivity contribution in [3.8, 4) is 0 Å². The van der Waals surface area contributed by atoms with Crippen LogP contribution >= 0.6 is 11.6 Å². The predicted molar refractivity (Wildman–Crippen MR) is 90.4 cm³/mol. The molecule has 1 aromatic carbocycles. The van der Waals surface area contributed by atoms with Gasteiger partial charge in [-0.25, -0.2) is 9.18 Å². The lowest BCUT2D eigenvalue weighted by molar-refractivity contribution is -0.130. The summed E-state index contributed by atoms with van der Waals surface area (Å²) >= 11 is 5.84. The molecule has 2 rings (SSSR count). The Labute approximate surface area is 146 Å². The van der Waals surface area contributed by atoms with E-state index in [1.807, 2.05) is 0 Å². The molecule has 0 heterocycles. The molecule has 1 amide bonds. The average molecular weight is 356 g/mol. The highest BCUT2D eigenvalue weighted by Crippen LogP contribution is 2.29. The van der Waals surface area contributed by atoms with E-state index in [9.17, 15) is 14.0 Å². The molecule has 0 unspecified atom stereocenters. The van der Waals surface area contributed by atoms with Crippen molar-refractivity contribution in [3.05, 3.63) is 34.6 Å². The Hall–Kier alpha value is -1.62. The van der Waals surface area contributed by atoms with Crippen LogP contribution in [0.15, 0.2) is 18.2 Å². The number of amides is 1. The number of esters is 1. The Morgan fingerprint density at radius 1 is 1.33 bits per heavy atom. The standard InChI is InChI=1S/C18H23ClFNO3/c1-10-5-4-6-16(11(10)2)21-17(22)12(3)24-18(23)14-8-7-13(20)9-15(14)19/h7-12,16H,4-6H2,1-3H3,(H,21,22)/t10-,11-,12-,16+/m1/s1. The summed E-state index contributed by atoms with van der Waals surface area (Å²) in [5.74, 6) is -0.667. The quantitative estimate of drug-likeness (QED) is 0.831. The van der Waals surface area contributed by atoms with Gasteiger partial charge in [-0.1, -0.05) is 38.3 Å². The van der Waals surface area contributed by atoms with Gasteiger partial charge < -0.3 is 10.1 Å². The predicted octanol–water partition coefficient (Wildman–Crippen LogP) is 3.97. The van der Waals surface area contributed by atoms with Crippen LogP contribution in [-0.4, -0.2) is 24.0 Å². The van der Waals surface area contributed by atoms with E-state index in [0.29, 0.717) is 11.8 Å². The second kappa shape index (κ2) is 7.97. The van der Waals surface area contributed by atoms with Crippen molar-refractivity contribution in [2.75, 3.05) is 0 Å². The molecule has 132 valence electrons. The number of carbonyl (C=O) groups excluding carboxylic acids is 2. The third-order valence-electron chi connectivity index (χ3n) is 4.84. The van der Waals surface area contributed by atoms with E-state index in [1.54, 1.807) is 0 Å². The lowest BCUT2D eigenvalue weighted by atomic mass is 9.78. The van der Waals surface area contributed by atoms with Gasteiger partial charge in [0.2, 0.25) is 0 Å². The van der Waals surface area contributed by atoms with E-state index in [2.05, 4.69) is 19.2 Å². The summed E-state index contributed by atoms with van der Waals surface area (Å²) in [6, 6.07) is 3.50. The zero-order valence-corrected chi connectivity index (χ0v) is 14.9. The first kappa shape index (κ1) is 18.7. The van der Waals surface area contributed by atoms with Crippen molar-refractivity contribution >= 4 is 23.5 Å². The maximum atomic E-state index is 13.0. The molecule has 6 heteroatoms. The second-order valence-corrected chi connectivity index (χ2v) is 6.96. The van der Waals surface area contributed by atoms with Crippen LogP contribution in [0.1, 0.15) is 50.4 Å². The van der Waals surface area contributed by atoms with Crippen LogP contribution in [0, 0.1) is 17.7 Å². The molecule has 1 fully saturated rings. The van der Waals surface area contributed by atoms with Crippen molar-refractivity contribution in [1.29, 1.82) is 0 Å². The second-order valence-electron chi connectivity index (χ2n) is 6.55. The summed E-state index contributed by atoms with van der Waals surface area (Å²) in [6.07, 6.45) is 2.24. The van der Waals surface area contributed by atoms with Crippen molar-refractivity contribution < 1.29 is 18.7 Å². The van der Waals surface area contributed by atoms with Crippen LogP contribution in [0.2, 0.25) is 5.02 Å². The maximum absolute atomic E-state index is 13.0. The summed E-state index contributed by atoms with van der Waals surface area (Å²) in [6.45, 7) is 5.83. The molecule has 1 aromatic rings. The van der Waals surface area contributed by atoms with Crippen molar-refractivity contribution in [3.63, 3.8) is 0 Å². The van der Waals surface area contributed by atoms with E-state index in [4.69, 9.17) is 16.3 Å². The highest BCUT2D eigenvalue weighted by atomic mass is 35.5. The van der Waals surface area contributed by atoms with Gasteiger partial charge in [0.1, 0.15) is 5.82 Å². The van der Waals surface area contributed by atoms with Crippen molar-refractivity contribution in [2.45, 2.75) is 52.2 Å². The summed E-state index contributed by atoms with van der Waals surface area (Å²) in [5.41, 5.74) is 0.0392. The van der Waals surface area contributed by atoms with Gasteiger partial charge in [-0.2, -0.15) is 0 Å². The Morgan fingerprint density at radius 2 is 2.04 bits per heavy atom. The normalized spacial score (nSPS) is 25.0. The molecule has 1 N–H and O–H groups in total. The molecular weight excluding hydrogens is 333 g/mol. The number of hydrogen-bond donors (Lipinski definition) is 1. The highest BCUT2D eigenvalue weighted by molar-refractivity contribution is 6.33. The minimum atomic E-state index is -0.942. The van der Waals surface area contributed by atoms with Gasteiger partial charge >= 0.3 is 5.97 Å². The number of hydrogen-bond acceptors (Lipinski definition) is 3. The largest absolute Gasteiger partial charge is 0.449 e.